The van der Waals surface area contributed by atoms with E-state index < -0.39 is 21.5 Å². The van der Waals surface area contributed by atoms with Crippen LogP contribution in [0.25, 0.3) is 0 Å². The number of aryl methyl sites for hydroxylation is 1. The average Bonchev–Trinajstić information content (AvgIpc) is 2.91. The maximum Gasteiger partial charge on any atom is 0.247 e. The first-order chi connectivity index (χ1) is 17.7. The van der Waals surface area contributed by atoms with Gasteiger partial charge in [0.2, 0.25) is 21.8 Å². The lowest BCUT2D eigenvalue weighted by atomic mass is 9.91. The minimum absolute atomic E-state index is 0.0347. The average molecular weight is 528 g/mol. The van der Waals surface area contributed by atoms with E-state index in [4.69, 9.17) is 4.74 Å². The minimum Gasteiger partial charge on any atom is -0.497 e. The Hall–Kier alpha value is -2.91. The van der Waals surface area contributed by atoms with Crippen LogP contribution in [0.3, 0.4) is 0 Å². The number of nitrogens with zero attached hydrogens (tertiary/aromatic N) is 2. The molecule has 2 amide bonds. The van der Waals surface area contributed by atoms with Gasteiger partial charge < -0.3 is 15.0 Å². The lowest BCUT2D eigenvalue weighted by molar-refractivity contribution is -0.154. The molecule has 1 heterocycles. The van der Waals surface area contributed by atoms with Crippen molar-refractivity contribution in [3.8, 4) is 5.75 Å². The summed E-state index contributed by atoms with van der Waals surface area (Å²) in [6.07, 6.45) is 5.93. The number of rotatable bonds is 8. The summed E-state index contributed by atoms with van der Waals surface area (Å²) >= 11 is 0. The molecule has 1 aliphatic carbocycles. The van der Waals surface area contributed by atoms with Gasteiger partial charge in [-0.05, 0) is 61.6 Å². The molecule has 2 aromatic carbocycles. The van der Waals surface area contributed by atoms with E-state index >= 15 is 0 Å². The third kappa shape index (κ3) is 5.83. The topological polar surface area (TPSA) is 96.0 Å². The van der Waals surface area contributed by atoms with Crippen LogP contribution in [0, 0.1) is 0 Å². The van der Waals surface area contributed by atoms with Gasteiger partial charge in [-0.15, -0.1) is 0 Å². The number of hydrogen-bond acceptors (Lipinski definition) is 5. The second-order valence-corrected chi connectivity index (χ2v) is 12.1. The summed E-state index contributed by atoms with van der Waals surface area (Å²) in [6.45, 7) is 3.53. The molecule has 0 bridgehead atoms. The van der Waals surface area contributed by atoms with Crippen LogP contribution in [0.15, 0.2) is 53.4 Å². The number of ether oxygens (including phenoxy) is 1. The molecule has 1 atom stereocenters. The standard InChI is InChI=1S/C28H37N3O5S/c1-4-21-10-12-22(13-11-21)18-31-26(32)19-30(37(34,35)25-16-14-24(36-3)15-17-25)20-28(31,2)27(33)29-23-8-6-5-7-9-23/h10-17,23H,4-9,18-20H2,1-3H3,(H,29,33)/t28-/m0/s1. The Labute approximate surface area is 220 Å². The molecule has 200 valence electrons. The highest BCUT2D eigenvalue weighted by Crippen LogP contribution is 2.30. The van der Waals surface area contributed by atoms with Crippen molar-refractivity contribution in [3.63, 3.8) is 0 Å². The van der Waals surface area contributed by atoms with Crippen molar-refractivity contribution in [2.75, 3.05) is 20.2 Å². The minimum atomic E-state index is -4.01. The zero-order valence-corrected chi connectivity index (χ0v) is 22.7. The molecular formula is C28H37N3O5S. The molecule has 0 unspecified atom stereocenters. The van der Waals surface area contributed by atoms with Gasteiger partial charge in [0, 0.05) is 19.1 Å². The van der Waals surface area contributed by atoms with Crippen LogP contribution in [0.5, 0.6) is 5.75 Å². The molecule has 8 nitrogen and oxygen atoms in total. The number of carbonyl (C=O) groups excluding carboxylic acids is 2. The summed E-state index contributed by atoms with van der Waals surface area (Å²) in [7, 11) is -2.51. The molecule has 1 saturated carbocycles. The van der Waals surface area contributed by atoms with E-state index in [1.807, 2.05) is 24.3 Å². The first-order valence-corrected chi connectivity index (χ1v) is 14.4. The Morgan fingerprint density at radius 1 is 1.03 bits per heavy atom. The van der Waals surface area contributed by atoms with Crippen LogP contribution >= 0.6 is 0 Å². The molecule has 0 spiro atoms. The Morgan fingerprint density at radius 3 is 2.24 bits per heavy atom. The van der Waals surface area contributed by atoms with E-state index in [0.29, 0.717) is 5.75 Å². The van der Waals surface area contributed by atoms with Crippen molar-refractivity contribution in [2.45, 2.75) is 75.4 Å². The van der Waals surface area contributed by atoms with E-state index in [0.717, 1.165) is 48.4 Å². The first-order valence-electron chi connectivity index (χ1n) is 13.0. The van der Waals surface area contributed by atoms with Crippen molar-refractivity contribution < 1.29 is 22.7 Å². The van der Waals surface area contributed by atoms with Gasteiger partial charge in [-0.3, -0.25) is 9.59 Å². The zero-order chi connectivity index (χ0) is 26.6. The number of nitrogens with one attached hydrogen (secondary N) is 1. The summed E-state index contributed by atoms with van der Waals surface area (Å²) in [5, 5.41) is 3.14. The predicted octanol–water partition coefficient (Wildman–Crippen LogP) is 3.50. The molecule has 2 aromatic rings. The van der Waals surface area contributed by atoms with Gasteiger partial charge in [-0.2, -0.15) is 4.31 Å². The third-order valence-corrected chi connectivity index (χ3v) is 9.40. The van der Waals surface area contributed by atoms with Crippen LogP contribution in [-0.2, 0) is 32.6 Å². The van der Waals surface area contributed by atoms with Gasteiger partial charge in [-0.1, -0.05) is 50.5 Å². The largest absolute Gasteiger partial charge is 0.497 e. The van der Waals surface area contributed by atoms with Gasteiger partial charge in [0.05, 0.1) is 18.6 Å². The van der Waals surface area contributed by atoms with Crippen LogP contribution in [0.4, 0.5) is 0 Å². The summed E-state index contributed by atoms with van der Waals surface area (Å²) in [5.74, 6) is -0.178. The fraction of sp³-hybridized carbons (Fsp3) is 0.500. The summed E-state index contributed by atoms with van der Waals surface area (Å²) in [4.78, 5) is 28.9. The highest BCUT2D eigenvalue weighted by Gasteiger charge is 2.50. The molecule has 4 rings (SSSR count). The van der Waals surface area contributed by atoms with Gasteiger partial charge in [0.1, 0.15) is 11.3 Å². The van der Waals surface area contributed by atoms with Gasteiger partial charge in [0.25, 0.3) is 0 Å². The second kappa shape index (κ2) is 11.2. The molecule has 2 fully saturated rings. The SMILES string of the molecule is CCc1ccc(CN2C(=O)CN(S(=O)(=O)c3ccc(OC)cc3)C[C@@]2(C)C(=O)NC2CCCCC2)cc1. The zero-order valence-electron chi connectivity index (χ0n) is 21.9. The van der Waals surface area contributed by atoms with Crippen LogP contribution in [0.2, 0.25) is 0 Å². The first kappa shape index (κ1) is 27.1. The van der Waals surface area contributed by atoms with E-state index in [1.165, 1.54) is 24.8 Å². The molecule has 0 radical (unpaired) electrons. The van der Waals surface area contributed by atoms with Gasteiger partial charge in [-0.25, -0.2) is 8.42 Å². The highest BCUT2D eigenvalue weighted by molar-refractivity contribution is 7.89. The molecule has 1 saturated heterocycles. The lowest BCUT2D eigenvalue weighted by Crippen LogP contribution is -2.70. The monoisotopic (exact) mass is 527 g/mol. The number of carbonyl (C=O) groups is 2. The summed E-state index contributed by atoms with van der Waals surface area (Å²) in [5.41, 5.74) is 0.715. The van der Waals surface area contributed by atoms with E-state index in [9.17, 15) is 18.0 Å². The predicted molar refractivity (Wildman–Crippen MR) is 142 cm³/mol. The second-order valence-electron chi connectivity index (χ2n) is 10.2. The number of amides is 2. The van der Waals surface area contributed by atoms with E-state index in [2.05, 4.69) is 12.2 Å². The molecule has 0 aromatic heterocycles. The van der Waals surface area contributed by atoms with Crippen LogP contribution in [0.1, 0.15) is 57.1 Å². The highest BCUT2D eigenvalue weighted by atomic mass is 32.2. The van der Waals surface area contributed by atoms with Crippen LogP contribution < -0.4 is 10.1 Å². The van der Waals surface area contributed by atoms with E-state index in [1.54, 1.807) is 24.0 Å². The molecule has 9 heteroatoms. The fourth-order valence-corrected chi connectivity index (χ4v) is 6.65. The Bertz CT molecular complexity index is 1210. The van der Waals surface area contributed by atoms with Crippen molar-refractivity contribution >= 4 is 21.8 Å². The Balaban J connectivity index is 1.65. The summed E-state index contributed by atoms with van der Waals surface area (Å²) in [6, 6.07) is 14.1. The Kier molecular flexibility index (Phi) is 8.23. The molecule has 37 heavy (non-hydrogen) atoms. The van der Waals surface area contributed by atoms with Crippen molar-refractivity contribution in [1.29, 1.82) is 0 Å². The maximum absolute atomic E-state index is 13.8. The number of piperazine rings is 1. The van der Waals surface area contributed by atoms with Crippen molar-refractivity contribution in [3.05, 3.63) is 59.7 Å². The number of sulfonamides is 1. The Morgan fingerprint density at radius 2 is 1.65 bits per heavy atom. The summed E-state index contributed by atoms with van der Waals surface area (Å²) < 4.78 is 33.4. The fourth-order valence-electron chi connectivity index (χ4n) is 5.17. The van der Waals surface area contributed by atoms with Crippen molar-refractivity contribution in [1.82, 2.24) is 14.5 Å². The van der Waals surface area contributed by atoms with Gasteiger partial charge in [0.15, 0.2) is 0 Å². The molecule has 2 aliphatic rings. The van der Waals surface area contributed by atoms with Crippen LogP contribution in [-0.4, -0.2) is 61.2 Å². The molecule has 1 N–H and O–H groups in total. The smallest absolute Gasteiger partial charge is 0.247 e. The van der Waals surface area contributed by atoms with Crippen molar-refractivity contribution in [2.24, 2.45) is 0 Å². The molecular weight excluding hydrogens is 490 g/mol. The number of hydrogen-bond donors (Lipinski definition) is 1. The number of methoxy groups -OCH3 is 1. The lowest BCUT2D eigenvalue weighted by Gasteiger charge is -2.47. The maximum atomic E-state index is 13.8. The normalized spacial score (nSPS) is 21.6. The van der Waals surface area contributed by atoms with Gasteiger partial charge >= 0.3 is 0 Å². The van der Waals surface area contributed by atoms with E-state index in [-0.39, 0.29) is 36.5 Å². The number of benzene rings is 2. The third-order valence-electron chi connectivity index (χ3n) is 7.59. The quantitative estimate of drug-likeness (QED) is 0.567. The molecule has 1 aliphatic heterocycles.